The number of anilines is 2. The van der Waals surface area contributed by atoms with Gasteiger partial charge in [-0.15, -0.1) is 0 Å². The Balaban J connectivity index is 2.28. The number of aromatic nitrogens is 2. The minimum Gasteiger partial charge on any atom is -0.495 e. The summed E-state index contributed by atoms with van der Waals surface area (Å²) in [5.74, 6) is 1.60. The van der Waals surface area contributed by atoms with Gasteiger partial charge < -0.3 is 15.4 Å². The molecule has 0 aliphatic carbocycles. The van der Waals surface area contributed by atoms with Crippen molar-refractivity contribution >= 4 is 17.4 Å². The van der Waals surface area contributed by atoms with Gasteiger partial charge in [-0.05, 0) is 38.0 Å². The molecular weight excluding hydrogens is 292 g/mol. The summed E-state index contributed by atoms with van der Waals surface area (Å²) in [6.07, 6.45) is 0.876. The standard InChI is InChI=1S/C17H22N4O2/c1-5-8-18-17(22)14-10-16(20-12(3)19-14)21-13-9-11(2)6-7-15(13)23-4/h6-7,9-10H,5,8H2,1-4H3,(H,18,22)(H,19,20,21). The Kier molecular flexibility index (Phi) is 5.51. The highest BCUT2D eigenvalue weighted by atomic mass is 16.5. The van der Waals surface area contributed by atoms with E-state index in [-0.39, 0.29) is 5.91 Å². The number of rotatable bonds is 6. The van der Waals surface area contributed by atoms with Crippen LogP contribution in [0.1, 0.15) is 35.2 Å². The average molecular weight is 314 g/mol. The van der Waals surface area contributed by atoms with Gasteiger partial charge in [-0.3, -0.25) is 4.79 Å². The Morgan fingerprint density at radius 1 is 1.22 bits per heavy atom. The molecule has 122 valence electrons. The number of amides is 1. The highest BCUT2D eigenvalue weighted by Crippen LogP contribution is 2.28. The van der Waals surface area contributed by atoms with Gasteiger partial charge in [0.15, 0.2) is 0 Å². The maximum Gasteiger partial charge on any atom is 0.270 e. The molecular formula is C17H22N4O2. The largest absolute Gasteiger partial charge is 0.495 e. The number of aryl methyl sites for hydroxylation is 2. The predicted octanol–water partition coefficient (Wildman–Crippen LogP) is 2.99. The molecule has 0 saturated heterocycles. The molecule has 6 heteroatoms. The quantitative estimate of drug-likeness (QED) is 0.857. The molecule has 0 atom stereocenters. The van der Waals surface area contributed by atoms with Gasteiger partial charge in [-0.2, -0.15) is 0 Å². The van der Waals surface area contributed by atoms with Gasteiger partial charge in [0, 0.05) is 12.6 Å². The Morgan fingerprint density at radius 2 is 2.00 bits per heavy atom. The van der Waals surface area contributed by atoms with E-state index in [0.29, 0.717) is 29.6 Å². The Hall–Kier alpha value is -2.63. The van der Waals surface area contributed by atoms with Crippen molar-refractivity contribution in [1.29, 1.82) is 0 Å². The van der Waals surface area contributed by atoms with Crippen LogP contribution in [0, 0.1) is 13.8 Å². The smallest absolute Gasteiger partial charge is 0.270 e. The number of ether oxygens (including phenoxy) is 1. The molecule has 0 aliphatic heterocycles. The summed E-state index contributed by atoms with van der Waals surface area (Å²) in [5.41, 5.74) is 2.24. The fourth-order valence-corrected chi connectivity index (χ4v) is 2.13. The molecule has 1 heterocycles. The summed E-state index contributed by atoms with van der Waals surface area (Å²) in [7, 11) is 1.62. The summed E-state index contributed by atoms with van der Waals surface area (Å²) in [6.45, 7) is 6.38. The van der Waals surface area contributed by atoms with Crippen LogP contribution in [-0.2, 0) is 0 Å². The van der Waals surface area contributed by atoms with Crippen LogP contribution in [0.4, 0.5) is 11.5 Å². The van der Waals surface area contributed by atoms with E-state index in [1.54, 1.807) is 20.1 Å². The van der Waals surface area contributed by atoms with Crippen molar-refractivity contribution in [2.45, 2.75) is 27.2 Å². The normalized spacial score (nSPS) is 10.3. The number of methoxy groups -OCH3 is 1. The molecule has 0 saturated carbocycles. The average Bonchev–Trinajstić information content (AvgIpc) is 2.52. The van der Waals surface area contributed by atoms with Crippen molar-refractivity contribution in [2.75, 3.05) is 19.0 Å². The van der Waals surface area contributed by atoms with E-state index in [9.17, 15) is 4.79 Å². The van der Waals surface area contributed by atoms with Crippen LogP contribution in [0.2, 0.25) is 0 Å². The van der Waals surface area contributed by atoms with Crippen molar-refractivity contribution in [2.24, 2.45) is 0 Å². The first-order valence-electron chi connectivity index (χ1n) is 7.59. The van der Waals surface area contributed by atoms with Crippen molar-refractivity contribution in [3.63, 3.8) is 0 Å². The van der Waals surface area contributed by atoms with Gasteiger partial charge in [0.25, 0.3) is 5.91 Å². The first-order valence-corrected chi connectivity index (χ1v) is 7.59. The van der Waals surface area contributed by atoms with E-state index in [1.807, 2.05) is 32.0 Å². The van der Waals surface area contributed by atoms with Crippen LogP contribution in [0.25, 0.3) is 0 Å². The summed E-state index contributed by atoms with van der Waals surface area (Å²) in [5, 5.41) is 6.02. The monoisotopic (exact) mass is 314 g/mol. The molecule has 0 bridgehead atoms. The second kappa shape index (κ2) is 7.58. The lowest BCUT2D eigenvalue weighted by molar-refractivity contribution is 0.0948. The van der Waals surface area contributed by atoms with Gasteiger partial charge in [0.1, 0.15) is 23.1 Å². The first kappa shape index (κ1) is 16.7. The van der Waals surface area contributed by atoms with Crippen LogP contribution >= 0.6 is 0 Å². The van der Waals surface area contributed by atoms with Crippen LogP contribution in [0.5, 0.6) is 5.75 Å². The van der Waals surface area contributed by atoms with Gasteiger partial charge in [0.05, 0.1) is 12.8 Å². The minimum atomic E-state index is -0.198. The number of hydrogen-bond donors (Lipinski definition) is 2. The molecule has 0 spiro atoms. The highest BCUT2D eigenvalue weighted by molar-refractivity contribution is 5.93. The van der Waals surface area contributed by atoms with Crippen LogP contribution in [-0.4, -0.2) is 29.5 Å². The van der Waals surface area contributed by atoms with E-state index in [2.05, 4.69) is 20.6 Å². The number of nitrogens with zero attached hydrogens (tertiary/aromatic N) is 2. The molecule has 6 nitrogen and oxygen atoms in total. The van der Waals surface area contributed by atoms with Crippen molar-refractivity contribution in [3.8, 4) is 5.75 Å². The molecule has 1 aromatic heterocycles. The van der Waals surface area contributed by atoms with Gasteiger partial charge in [0.2, 0.25) is 0 Å². The van der Waals surface area contributed by atoms with Crippen molar-refractivity contribution in [3.05, 3.63) is 41.3 Å². The van der Waals surface area contributed by atoms with Crippen molar-refractivity contribution in [1.82, 2.24) is 15.3 Å². The maximum absolute atomic E-state index is 12.1. The first-order chi connectivity index (χ1) is 11.0. The zero-order valence-electron chi connectivity index (χ0n) is 13.9. The zero-order valence-corrected chi connectivity index (χ0v) is 13.9. The Labute approximate surface area is 136 Å². The maximum atomic E-state index is 12.1. The summed E-state index contributed by atoms with van der Waals surface area (Å²) in [6, 6.07) is 7.46. The summed E-state index contributed by atoms with van der Waals surface area (Å²) in [4.78, 5) is 20.6. The third-order valence-electron chi connectivity index (χ3n) is 3.22. The van der Waals surface area contributed by atoms with E-state index < -0.39 is 0 Å². The molecule has 0 fully saturated rings. The SMILES string of the molecule is CCCNC(=O)c1cc(Nc2cc(C)ccc2OC)nc(C)n1. The number of hydrogen-bond acceptors (Lipinski definition) is 5. The molecule has 1 amide bonds. The van der Waals surface area contributed by atoms with Gasteiger partial charge in [-0.1, -0.05) is 13.0 Å². The Bertz CT molecular complexity index is 701. The molecule has 23 heavy (non-hydrogen) atoms. The van der Waals surface area contributed by atoms with Crippen LogP contribution in [0.3, 0.4) is 0 Å². The number of nitrogens with one attached hydrogen (secondary N) is 2. The fourth-order valence-electron chi connectivity index (χ4n) is 2.13. The topological polar surface area (TPSA) is 76.1 Å². The molecule has 2 rings (SSSR count). The van der Waals surface area contributed by atoms with E-state index in [4.69, 9.17) is 4.74 Å². The number of carbonyl (C=O) groups is 1. The second-order valence-corrected chi connectivity index (χ2v) is 5.27. The van der Waals surface area contributed by atoms with Crippen LogP contribution < -0.4 is 15.4 Å². The lowest BCUT2D eigenvalue weighted by atomic mass is 10.2. The van der Waals surface area contributed by atoms with E-state index >= 15 is 0 Å². The van der Waals surface area contributed by atoms with Crippen LogP contribution in [0.15, 0.2) is 24.3 Å². The van der Waals surface area contributed by atoms with Crippen molar-refractivity contribution < 1.29 is 9.53 Å². The predicted molar refractivity (Wildman–Crippen MR) is 90.4 cm³/mol. The summed E-state index contributed by atoms with van der Waals surface area (Å²) < 4.78 is 5.35. The third-order valence-corrected chi connectivity index (χ3v) is 3.22. The molecule has 1 aromatic carbocycles. The second-order valence-electron chi connectivity index (χ2n) is 5.27. The highest BCUT2D eigenvalue weighted by Gasteiger charge is 2.11. The van der Waals surface area contributed by atoms with Gasteiger partial charge in [-0.25, -0.2) is 9.97 Å². The molecule has 2 aromatic rings. The fraction of sp³-hybridized carbons (Fsp3) is 0.353. The third kappa shape index (κ3) is 4.42. The lowest BCUT2D eigenvalue weighted by Crippen LogP contribution is -2.25. The van der Waals surface area contributed by atoms with E-state index in [1.165, 1.54) is 0 Å². The summed E-state index contributed by atoms with van der Waals surface area (Å²) >= 11 is 0. The molecule has 2 N–H and O–H groups in total. The Morgan fingerprint density at radius 3 is 2.70 bits per heavy atom. The zero-order chi connectivity index (χ0) is 16.8. The van der Waals surface area contributed by atoms with Gasteiger partial charge >= 0.3 is 0 Å². The minimum absolute atomic E-state index is 0.198. The molecule has 0 radical (unpaired) electrons. The molecule has 0 unspecified atom stereocenters. The van der Waals surface area contributed by atoms with E-state index in [0.717, 1.165) is 17.7 Å². The number of carbonyl (C=O) groups excluding carboxylic acids is 1. The molecule has 0 aliphatic rings. The lowest BCUT2D eigenvalue weighted by Gasteiger charge is -2.12. The number of benzene rings is 1.